The first-order chi connectivity index (χ1) is 7.04. The van der Waals surface area contributed by atoms with Crippen molar-refractivity contribution >= 4 is 18.2 Å². The number of aliphatic hydroxyl groups excluding tert-OH is 1. The lowest BCUT2D eigenvalue weighted by atomic mass is 10.7. The van der Waals surface area contributed by atoms with Crippen LogP contribution in [-0.2, 0) is 13.6 Å². The van der Waals surface area contributed by atoms with E-state index in [-0.39, 0.29) is 19.8 Å². The highest BCUT2D eigenvalue weighted by Gasteiger charge is 2.18. The summed E-state index contributed by atoms with van der Waals surface area (Å²) in [6.07, 6.45) is 4.30. The van der Waals surface area contributed by atoms with Crippen molar-refractivity contribution in [3.05, 3.63) is 38.0 Å². The molecule has 6 heteroatoms. The van der Waals surface area contributed by atoms with E-state index in [0.29, 0.717) is 0 Å². The molecular formula is C9H16ClO4P. The van der Waals surface area contributed by atoms with E-state index in [1.807, 2.05) is 0 Å². The smallest absolute Gasteiger partial charge is 0.392 e. The standard InChI is InChI=1S/C6H10ClO3P.C3H6O/c1-3-5-9-11(7,8)10-6-4-2;1-2-3-4/h3-4H,1-2,5-6H2;2,4H,1,3H2. The van der Waals surface area contributed by atoms with Gasteiger partial charge in [0, 0.05) is 11.2 Å². The molecule has 0 rings (SSSR count). The lowest BCUT2D eigenvalue weighted by Gasteiger charge is -2.07. The lowest BCUT2D eigenvalue weighted by molar-refractivity contribution is 0.253. The zero-order chi connectivity index (χ0) is 12.2. The van der Waals surface area contributed by atoms with Gasteiger partial charge in [-0.25, -0.2) is 4.57 Å². The molecule has 88 valence electrons. The quantitative estimate of drug-likeness (QED) is 0.561. The fraction of sp³-hybridized carbons (Fsp3) is 0.333. The van der Waals surface area contributed by atoms with Crippen LogP contribution in [0.3, 0.4) is 0 Å². The van der Waals surface area contributed by atoms with Crippen molar-refractivity contribution in [1.29, 1.82) is 0 Å². The van der Waals surface area contributed by atoms with Crippen molar-refractivity contribution in [2.45, 2.75) is 0 Å². The topological polar surface area (TPSA) is 55.8 Å². The Hall–Kier alpha value is -0.380. The highest BCUT2D eigenvalue weighted by Crippen LogP contribution is 2.53. The van der Waals surface area contributed by atoms with E-state index in [0.717, 1.165) is 0 Å². The second-order valence-electron chi connectivity index (χ2n) is 2.07. The van der Waals surface area contributed by atoms with Gasteiger partial charge in [0.05, 0.1) is 19.8 Å². The van der Waals surface area contributed by atoms with Crippen LogP contribution in [0, 0.1) is 0 Å². The fourth-order valence-corrected chi connectivity index (χ4v) is 1.30. The Morgan fingerprint density at radius 1 is 1.13 bits per heavy atom. The summed E-state index contributed by atoms with van der Waals surface area (Å²) in [6, 6.07) is 0. The van der Waals surface area contributed by atoms with Crippen LogP contribution in [0.1, 0.15) is 0 Å². The van der Waals surface area contributed by atoms with Crippen molar-refractivity contribution in [2.75, 3.05) is 19.8 Å². The number of rotatable bonds is 7. The second kappa shape index (κ2) is 11.7. The van der Waals surface area contributed by atoms with E-state index >= 15 is 0 Å². The molecule has 0 aromatic carbocycles. The molecule has 0 aromatic heterocycles. The average Bonchev–Trinajstić information content (AvgIpc) is 2.24. The van der Waals surface area contributed by atoms with Crippen LogP contribution in [0.4, 0.5) is 0 Å². The summed E-state index contributed by atoms with van der Waals surface area (Å²) in [6.45, 7) is 6.86. The Labute approximate surface area is 95.2 Å². The van der Waals surface area contributed by atoms with Crippen molar-refractivity contribution in [1.82, 2.24) is 0 Å². The van der Waals surface area contributed by atoms with E-state index in [2.05, 4.69) is 28.8 Å². The largest absolute Gasteiger partial charge is 0.424 e. The summed E-state index contributed by atoms with van der Waals surface area (Å²) in [5.74, 6) is 0. The normalized spacial score (nSPS) is 9.73. The molecular weight excluding hydrogens is 239 g/mol. The second-order valence-corrected chi connectivity index (χ2v) is 4.69. The highest BCUT2D eigenvalue weighted by atomic mass is 35.7. The summed E-state index contributed by atoms with van der Waals surface area (Å²) >= 11 is 5.31. The molecule has 0 aliphatic heterocycles. The Morgan fingerprint density at radius 3 is 1.67 bits per heavy atom. The average molecular weight is 255 g/mol. The molecule has 0 saturated heterocycles. The SMILES string of the molecule is C=CCO.C=CCOP(=O)(Cl)OCC=C. The minimum Gasteiger partial charge on any atom is -0.392 e. The zero-order valence-electron chi connectivity index (χ0n) is 8.47. The lowest BCUT2D eigenvalue weighted by Crippen LogP contribution is -1.90. The van der Waals surface area contributed by atoms with Crippen molar-refractivity contribution in [2.24, 2.45) is 0 Å². The van der Waals surface area contributed by atoms with Crippen molar-refractivity contribution < 1.29 is 18.7 Å². The number of aliphatic hydroxyl groups is 1. The van der Waals surface area contributed by atoms with Crippen molar-refractivity contribution in [3.63, 3.8) is 0 Å². The van der Waals surface area contributed by atoms with Gasteiger partial charge in [-0.3, -0.25) is 9.05 Å². The van der Waals surface area contributed by atoms with Crippen LogP contribution < -0.4 is 0 Å². The van der Waals surface area contributed by atoms with Crippen LogP contribution in [0.5, 0.6) is 0 Å². The molecule has 15 heavy (non-hydrogen) atoms. The van der Waals surface area contributed by atoms with E-state index in [1.54, 1.807) is 0 Å². The van der Waals surface area contributed by atoms with Gasteiger partial charge in [-0.1, -0.05) is 18.2 Å². The van der Waals surface area contributed by atoms with Crippen LogP contribution >= 0.6 is 18.2 Å². The first kappa shape index (κ1) is 17.0. The van der Waals surface area contributed by atoms with E-state index in [1.165, 1.54) is 18.2 Å². The van der Waals surface area contributed by atoms with Crippen LogP contribution in [0.15, 0.2) is 38.0 Å². The Bertz CT molecular complexity index is 214. The number of halogens is 1. The van der Waals surface area contributed by atoms with Crippen LogP contribution in [0.25, 0.3) is 0 Å². The van der Waals surface area contributed by atoms with Gasteiger partial charge in [-0.05, 0) is 0 Å². The third kappa shape index (κ3) is 16.3. The molecule has 0 aliphatic rings. The van der Waals surface area contributed by atoms with E-state index < -0.39 is 6.95 Å². The molecule has 0 heterocycles. The van der Waals surface area contributed by atoms with Gasteiger partial charge in [0.25, 0.3) is 0 Å². The third-order valence-corrected chi connectivity index (χ3v) is 2.32. The maximum absolute atomic E-state index is 11.0. The van der Waals surface area contributed by atoms with E-state index in [4.69, 9.17) is 16.3 Å². The maximum atomic E-state index is 11.0. The molecule has 0 atom stereocenters. The molecule has 0 fully saturated rings. The van der Waals surface area contributed by atoms with Crippen LogP contribution in [0.2, 0.25) is 0 Å². The molecule has 0 amide bonds. The first-order valence-electron chi connectivity index (χ1n) is 4.06. The van der Waals surface area contributed by atoms with Gasteiger partial charge >= 0.3 is 6.95 Å². The van der Waals surface area contributed by atoms with Gasteiger partial charge in [0.1, 0.15) is 0 Å². The third-order valence-electron chi connectivity index (χ3n) is 0.822. The minimum absolute atomic E-state index is 0.0833. The molecule has 4 nitrogen and oxygen atoms in total. The summed E-state index contributed by atoms with van der Waals surface area (Å²) in [4.78, 5) is 0. The predicted octanol–water partition coefficient (Wildman–Crippen LogP) is 2.90. The monoisotopic (exact) mass is 254 g/mol. The predicted molar refractivity (Wildman–Crippen MR) is 63.0 cm³/mol. The molecule has 0 unspecified atom stereocenters. The van der Waals surface area contributed by atoms with Gasteiger partial charge < -0.3 is 5.11 Å². The van der Waals surface area contributed by atoms with E-state index in [9.17, 15) is 4.57 Å². The Balaban J connectivity index is 0. The number of hydrogen-bond acceptors (Lipinski definition) is 4. The minimum atomic E-state index is -3.40. The first-order valence-corrected chi connectivity index (χ1v) is 6.51. The molecule has 0 saturated carbocycles. The zero-order valence-corrected chi connectivity index (χ0v) is 10.1. The fourth-order valence-electron chi connectivity index (χ4n) is 0.321. The molecule has 0 bridgehead atoms. The summed E-state index contributed by atoms with van der Waals surface area (Å²) in [7, 11) is 0. The van der Waals surface area contributed by atoms with Gasteiger partial charge in [-0.2, -0.15) is 0 Å². The maximum Gasteiger partial charge on any atom is 0.424 e. The Morgan fingerprint density at radius 2 is 1.47 bits per heavy atom. The highest BCUT2D eigenvalue weighted by molar-refractivity contribution is 7.81. The summed E-state index contributed by atoms with van der Waals surface area (Å²) in [5.41, 5.74) is 0. The molecule has 0 aliphatic carbocycles. The van der Waals surface area contributed by atoms with Crippen molar-refractivity contribution in [3.8, 4) is 0 Å². The summed E-state index contributed by atoms with van der Waals surface area (Å²) in [5, 5.41) is 7.76. The molecule has 1 N–H and O–H groups in total. The molecule has 0 spiro atoms. The Kier molecular flexibility index (Phi) is 13.3. The van der Waals surface area contributed by atoms with Gasteiger partial charge in [0.2, 0.25) is 0 Å². The van der Waals surface area contributed by atoms with Gasteiger partial charge in [-0.15, -0.1) is 19.7 Å². The summed E-state index contributed by atoms with van der Waals surface area (Å²) < 4.78 is 20.2. The number of hydrogen-bond donors (Lipinski definition) is 1. The molecule has 0 aromatic rings. The van der Waals surface area contributed by atoms with Gasteiger partial charge in [0.15, 0.2) is 0 Å². The van der Waals surface area contributed by atoms with Crippen LogP contribution in [-0.4, -0.2) is 24.9 Å². The molecule has 0 radical (unpaired) electrons.